The molecule has 0 radical (unpaired) electrons. The molecule has 9 nitrogen and oxygen atoms in total. The van der Waals surface area contributed by atoms with E-state index in [-0.39, 0.29) is 38.4 Å². The van der Waals surface area contributed by atoms with Gasteiger partial charge in [-0.3, -0.25) is 14.4 Å². The maximum absolute atomic E-state index is 12.1. The molecule has 4 rings (SSSR count). The van der Waals surface area contributed by atoms with Crippen LogP contribution >= 0.6 is 11.3 Å². The van der Waals surface area contributed by atoms with E-state index in [1.165, 1.54) is 24.9 Å². The van der Waals surface area contributed by atoms with Gasteiger partial charge in [0.2, 0.25) is 11.6 Å². The molecular weight excluding hydrogens is 420 g/mol. The first-order valence-corrected chi connectivity index (χ1v) is 10.7. The molecule has 2 aromatic rings. The summed E-state index contributed by atoms with van der Waals surface area (Å²) >= 11 is 0.906. The number of hydrogen-bond donors (Lipinski definition) is 1. The molecule has 2 amide bonds. The number of aromatic nitrogens is 2. The predicted molar refractivity (Wildman–Crippen MR) is 113 cm³/mol. The van der Waals surface area contributed by atoms with Crippen molar-refractivity contribution in [2.75, 3.05) is 13.1 Å². The lowest BCUT2D eigenvalue weighted by Gasteiger charge is -2.29. The lowest BCUT2D eigenvalue weighted by atomic mass is 9.96. The molecule has 0 bridgehead atoms. The van der Waals surface area contributed by atoms with Crippen molar-refractivity contribution in [2.45, 2.75) is 45.6 Å². The van der Waals surface area contributed by atoms with E-state index < -0.39 is 17.5 Å². The van der Waals surface area contributed by atoms with Gasteiger partial charge in [-0.25, -0.2) is 14.8 Å². The van der Waals surface area contributed by atoms with Crippen molar-refractivity contribution in [3.63, 3.8) is 0 Å². The van der Waals surface area contributed by atoms with Gasteiger partial charge in [-0.1, -0.05) is 0 Å². The maximum atomic E-state index is 12.1. The number of nitrogens with two attached hydrogens (primary N) is 1. The van der Waals surface area contributed by atoms with E-state index in [1.54, 1.807) is 4.90 Å². The number of piperidine rings is 1. The first kappa shape index (κ1) is 22.5. The number of likely N-dealkylation sites (tertiary alicyclic amines) is 1. The fourth-order valence-electron chi connectivity index (χ4n) is 3.16. The zero-order valence-corrected chi connectivity index (χ0v) is 18.5. The summed E-state index contributed by atoms with van der Waals surface area (Å²) in [7, 11) is 0. The van der Waals surface area contributed by atoms with E-state index >= 15 is 0 Å². The average Bonchev–Trinajstić information content (AvgIpc) is 3.18. The summed E-state index contributed by atoms with van der Waals surface area (Å²) in [5.41, 5.74) is 4.98. The Morgan fingerprint density at radius 2 is 1.61 bits per heavy atom. The van der Waals surface area contributed by atoms with Gasteiger partial charge < -0.3 is 15.4 Å². The number of primary amides is 1. The number of rotatable bonds is 1. The Hall–Kier alpha value is -3.14. The molecule has 2 aromatic heterocycles. The first-order valence-electron chi connectivity index (χ1n) is 9.90. The van der Waals surface area contributed by atoms with E-state index in [1.807, 2.05) is 20.8 Å². The van der Waals surface area contributed by atoms with Crippen molar-refractivity contribution in [3.8, 4) is 0 Å². The van der Waals surface area contributed by atoms with Crippen LogP contribution in [0.1, 0.15) is 81.1 Å². The summed E-state index contributed by atoms with van der Waals surface area (Å²) in [6.45, 7) is 7.41. The highest BCUT2D eigenvalue weighted by atomic mass is 32.1. The largest absolute Gasteiger partial charge is 0.444 e. The smallest absolute Gasteiger partial charge is 0.410 e. The summed E-state index contributed by atoms with van der Waals surface area (Å²) < 4.78 is 5.26. The highest BCUT2D eigenvalue weighted by molar-refractivity contribution is 7.16. The fraction of sp³-hybridized carbons (Fsp3) is 0.429. The quantitative estimate of drug-likeness (QED) is 0.610. The van der Waals surface area contributed by atoms with Gasteiger partial charge in [0.15, 0.2) is 0 Å². The third-order valence-corrected chi connectivity index (χ3v) is 5.71. The Labute approximate surface area is 183 Å². The average molecular weight is 445 g/mol. The molecule has 3 heterocycles. The lowest BCUT2D eigenvalue weighted by molar-refractivity contribution is 0.0215. The Balaban J connectivity index is 0.000000187. The van der Waals surface area contributed by atoms with Crippen LogP contribution in [0.3, 0.4) is 0 Å². The molecule has 0 unspecified atom stereocenters. The molecule has 1 saturated heterocycles. The van der Waals surface area contributed by atoms with Crippen molar-refractivity contribution in [1.29, 1.82) is 0 Å². The van der Waals surface area contributed by atoms with Crippen LogP contribution < -0.4 is 5.73 Å². The molecule has 0 atom stereocenters. The highest BCUT2D eigenvalue weighted by Gasteiger charge is 2.34. The summed E-state index contributed by atoms with van der Waals surface area (Å²) in [6.07, 6.45) is 5.98. The van der Waals surface area contributed by atoms with Crippen molar-refractivity contribution in [1.82, 2.24) is 14.9 Å². The van der Waals surface area contributed by atoms with Gasteiger partial charge in [0.05, 0.1) is 9.75 Å². The van der Waals surface area contributed by atoms with E-state index in [0.717, 1.165) is 37.3 Å². The number of carbonyl (C=O) groups is 4. The first-order chi connectivity index (χ1) is 14.6. The minimum Gasteiger partial charge on any atom is -0.444 e. The summed E-state index contributed by atoms with van der Waals surface area (Å²) in [4.78, 5) is 56.7. The standard InChI is InChI=1S/C11H5N3O3S.C10H19NO2/c12-11(17)5-3-4-8(15)6-7(14-2-1-13-6)9(16)10(4)18-5;1-10(2,3)13-9(12)11-7-5-4-6-8-11/h1-3H,(H2,12,17);4-8H2,1-3H3. The van der Waals surface area contributed by atoms with Gasteiger partial charge in [-0.05, 0) is 46.1 Å². The Morgan fingerprint density at radius 3 is 2.16 bits per heavy atom. The van der Waals surface area contributed by atoms with Crippen LogP contribution in [0.15, 0.2) is 18.5 Å². The monoisotopic (exact) mass is 444 g/mol. The summed E-state index contributed by atoms with van der Waals surface area (Å²) in [5, 5.41) is 0. The lowest BCUT2D eigenvalue weighted by Crippen LogP contribution is -2.39. The second-order valence-corrected chi connectivity index (χ2v) is 9.21. The van der Waals surface area contributed by atoms with Crippen molar-refractivity contribution < 1.29 is 23.9 Å². The third kappa shape index (κ3) is 5.13. The van der Waals surface area contributed by atoms with Crippen LogP contribution in [0, 0.1) is 0 Å². The van der Waals surface area contributed by atoms with Crippen LogP contribution in [0.2, 0.25) is 0 Å². The van der Waals surface area contributed by atoms with Crippen molar-refractivity contribution in [2.24, 2.45) is 5.73 Å². The molecule has 164 valence electrons. The molecule has 2 aliphatic rings. The number of amides is 2. The number of hydrogen-bond acceptors (Lipinski definition) is 8. The molecule has 0 aromatic carbocycles. The third-order valence-electron chi connectivity index (χ3n) is 4.56. The molecule has 1 aliphatic carbocycles. The van der Waals surface area contributed by atoms with Gasteiger partial charge >= 0.3 is 6.09 Å². The Kier molecular flexibility index (Phi) is 6.49. The zero-order chi connectivity index (χ0) is 22.8. The molecule has 0 spiro atoms. The van der Waals surface area contributed by atoms with Crippen molar-refractivity contribution >= 4 is 34.9 Å². The van der Waals surface area contributed by atoms with Gasteiger partial charge in [-0.15, -0.1) is 11.3 Å². The van der Waals surface area contributed by atoms with E-state index in [4.69, 9.17) is 10.5 Å². The minimum atomic E-state index is -0.667. The second-order valence-electron chi connectivity index (χ2n) is 8.16. The summed E-state index contributed by atoms with van der Waals surface area (Å²) in [6, 6.07) is 1.33. The molecule has 10 heteroatoms. The number of carbonyl (C=O) groups excluding carboxylic acids is 4. The fourth-order valence-corrected chi connectivity index (χ4v) is 4.11. The molecule has 2 N–H and O–H groups in total. The van der Waals surface area contributed by atoms with E-state index in [2.05, 4.69) is 9.97 Å². The number of nitrogens with zero attached hydrogens (tertiary/aromatic N) is 3. The molecule has 1 fully saturated rings. The minimum absolute atomic E-state index is 0.0174. The second kappa shape index (κ2) is 8.93. The normalized spacial score (nSPS) is 15.4. The van der Waals surface area contributed by atoms with Crippen LogP contribution in [-0.2, 0) is 4.74 Å². The summed E-state index contributed by atoms with van der Waals surface area (Å²) in [5.74, 6) is -1.47. The van der Waals surface area contributed by atoms with Crippen LogP contribution in [0.4, 0.5) is 4.79 Å². The van der Waals surface area contributed by atoms with Gasteiger partial charge in [-0.2, -0.15) is 0 Å². The Morgan fingerprint density at radius 1 is 1.03 bits per heavy atom. The Bertz CT molecular complexity index is 982. The van der Waals surface area contributed by atoms with Crippen LogP contribution in [0.25, 0.3) is 0 Å². The SMILES string of the molecule is CC(C)(C)OC(=O)N1CCCCC1.NC(=O)c1cc2c(s1)C(=O)c1nccnc1C2=O. The molecule has 1 aliphatic heterocycles. The van der Waals surface area contributed by atoms with Gasteiger partial charge in [0.1, 0.15) is 17.0 Å². The molecule has 31 heavy (non-hydrogen) atoms. The van der Waals surface area contributed by atoms with Crippen LogP contribution in [-0.4, -0.2) is 57.1 Å². The zero-order valence-electron chi connectivity index (χ0n) is 17.6. The van der Waals surface area contributed by atoms with E-state index in [0.29, 0.717) is 0 Å². The molecule has 0 saturated carbocycles. The highest BCUT2D eigenvalue weighted by Crippen LogP contribution is 2.31. The van der Waals surface area contributed by atoms with Gasteiger partial charge in [0, 0.05) is 31.0 Å². The predicted octanol–water partition coefficient (Wildman–Crippen LogP) is 2.82. The topological polar surface area (TPSA) is 133 Å². The van der Waals surface area contributed by atoms with Crippen LogP contribution in [0.5, 0.6) is 0 Å². The number of ether oxygens (including phenoxy) is 1. The maximum Gasteiger partial charge on any atom is 0.410 e. The van der Waals surface area contributed by atoms with Gasteiger partial charge in [0.25, 0.3) is 5.91 Å². The number of thiophene rings is 1. The number of ketones is 2. The van der Waals surface area contributed by atoms with E-state index in [9.17, 15) is 19.2 Å². The molecular formula is C21H24N4O5S. The number of fused-ring (bicyclic) bond motifs is 2. The van der Waals surface area contributed by atoms with Crippen molar-refractivity contribution in [3.05, 3.63) is 45.2 Å².